The molecule has 0 spiro atoms. The lowest BCUT2D eigenvalue weighted by atomic mass is 9.87. The van der Waals surface area contributed by atoms with Crippen molar-refractivity contribution in [2.24, 2.45) is 5.14 Å². The summed E-state index contributed by atoms with van der Waals surface area (Å²) in [5.74, 6) is -0.501. The Hall–Kier alpha value is -1.05. The molecule has 0 radical (unpaired) electrons. The van der Waals surface area contributed by atoms with Crippen LogP contribution in [0.3, 0.4) is 0 Å². The molecule has 100 valence electrons. The molecule has 2 N–H and O–H groups in total. The molecule has 1 aliphatic heterocycles. The highest BCUT2D eigenvalue weighted by Gasteiger charge is 2.38. The summed E-state index contributed by atoms with van der Waals surface area (Å²) >= 11 is 0. The van der Waals surface area contributed by atoms with E-state index in [-0.39, 0.29) is 31.5 Å². The van der Waals surface area contributed by atoms with Gasteiger partial charge in [-0.3, -0.25) is 0 Å². The normalized spacial score (nSPS) is 20.8. The van der Waals surface area contributed by atoms with Crippen LogP contribution in [0.2, 0.25) is 0 Å². The summed E-state index contributed by atoms with van der Waals surface area (Å²) in [4.78, 5) is 0. The predicted molar refractivity (Wildman–Crippen MR) is 63.1 cm³/mol. The van der Waals surface area contributed by atoms with Crippen LogP contribution in [0.25, 0.3) is 0 Å². The van der Waals surface area contributed by atoms with E-state index in [0.29, 0.717) is 0 Å². The van der Waals surface area contributed by atoms with Crippen molar-refractivity contribution in [1.82, 2.24) is 4.31 Å². The van der Waals surface area contributed by atoms with E-state index in [4.69, 9.17) is 5.14 Å². The van der Waals surface area contributed by atoms with Crippen molar-refractivity contribution in [3.8, 4) is 0 Å². The minimum atomic E-state index is -3.77. The van der Waals surface area contributed by atoms with E-state index in [2.05, 4.69) is 0 Å². The maximum absolute atomic E-state index is 14.6. The Morgan fingerprint density at radius 3 is 2.39 bits per heavy atom. The molecule has 1 aromatic rings. The lowest BCUT2D eigenvalue weighted by Gasteiger charge is -2.35. The van der Waals surface area contributed by atoms with Gasteiger partial charge < -0.3 is 0 Å². The second-order valence-corrected chi connectivity index (χ2v) is 5.97. The number of alkyl halides is 1. The summed E-state index contributed by atoms with van der Waals surface area (Å²) in [5.41, 5.74) is -1.44. The van der Waals surface area contributed by atoms with Crippen LogP contribution in [0.1, 0.15) is 18.4 Å². The molecule has 4 nitrogen and oxygen atoms in total. The predicted octanol–water partition coefficient (Wildman–Crippen LogP) is 1.29. The van der Waals surface area contributed by atoms with Crippen LogP contribution in [0.15, 0.2) is 24.3 Å². The van der Waals surface area contributed by atoms with Crippen molar-refractivity contribution in [3.05, 3.63) is 35.6 Å². The van der Waals surface area contributed by atoms with Crippen LogP contribution < -0.4 is 5.14 Å². The van der Waals surface area contributed by atoms with E-state index < -0.39 is 21.7 Å². The van der Waals surface area contributed by atoms with Crippen LogP contribution in [-0.2, 0) is 15.9 Å². The van der Waals surface area contributed by atoms with Crippen LogP contribution in [0.5, 0.6) is 0 Å². The Balaban J connectivity index is 2.17. The average molecular weight is 276 g/mol. The molecule has 0 aliphatic carbocycles. The third kappa shape index (κ3) is 2.68. The maximum Gasteiger partial charge on any atom is 0.276 e. The van der Waals surface area contributed by atoms with Crippen molar-refractivity contribution in [3.63, 3.8) is 0 Å². The monoisotopic (exact) mass is 276 g/mol. The topological polar surface area (TPSA) is 63.4 Å². The van der Waals surface area contributed by atoms with Gasteiger partial charge in [-0.2, -0.15) is 12.7 Å². The van der Waals surface area contributed by atoms with Gasteiger partial charge >= 0.3 is 0 Å². The molecule has 2 rings (SSSR count). The Morgan fingerprint density at radius 1 is 1.28 bits per heavy atom. The quantitative estimate of drug-likeness (QED) is 0.884. The summed E-state index contributed by atoms with van der Waals surface area (Å²) in [6, 6.07) is 5.34. The Morgan fingerprint density at radius 2 is 1.89 bits per heavy atom. The number of halogens is 2. The molecule has 0 atom stereocenters. The minimum absolute atomic E-state index is 0.00580. The van der Waals surface area contributed by atoms with E-state index >= 15 is 0 Å². The van der Waals surface area contributed by atoms with Crippen LogP contribution in [0.4, 0.5) is 8.78 Å². The van der Waals surface area contributed by atoms with Crippen molar-refractivity contribution >= 4 is 10.2 Å². The summed E-state index contributed by atoms with van der Waals surface area (Å²) in [7, 11) is -3.77. The number of rotatable bonds is 2. The van der Waals surface area contributed by atoms with Gasteiger partial charge in [-0.15, -0.1) is 0 Å². The molecule has 0 aromatic heterocycles. The second kappa shape index (κ2) is 4.56. The highest BCUT2D eigenvalue weighted by molar-refractivity contribution is 7.86. The van der Waals surface area contributed by atoms with Crippen LogP contribution >= 0.6 is 0 Å². The lowest BCUT2D eigenvalue weighted by Crippen LogP contribution is -2.45. The van der Waals surface area contributed by atoms with Crippen molar-refractivity contribution in [2.75, 3.05) is 13.1 Å². The van der Waals surface area contributed by atoms with Crippen LogP contribution in [0, 0.1) is 5.82 Å². The van der Waals surface area contributed by atoms with E-state index in [0.717, 1.165) is 10.4 Å². The zero-order valence-corrected chi connectivity index (χ0v) is 10.5. The Labute approximate surface area is 105 Å². The fourth-order valence-corrected chi connectivity index (χ4v) is 2.84. The first-order valence-electron chi connectivity index (χ1n) is 5.54. The van der Waals surface area contributed by atoms with Crippen LogP contribution in [-0.4, -0.2) is 25.8 Å². The molecule has 1 heterocycles. The summed E-state index contributed by atoms with van der Waals surface area (Å²) < 4.78 is 50.9. The largest absolute Gasteiger partial charge is 0.276 e. The van der Waals surface area contributed by atoms with Gasteiger partial charge in [0.05, 0.1) is 0 Å². The highest BCUT2D eigenvalue weighted by Crippen LogP contribution is 2.37. The summed E-state index contributed by atoms with van der Waals surface area (Å²) in [5, 5.41) is 4.98. The highest BCUT2D eigenvalue weighted by atomic mass is 32.2. The molecular weight excluding hydrogens is 262 g/mol. The molecule has 1 aromatic carbocycles. The van der Waals surface area contributed by atoms with Gasteiger partial charge in [0.2, 0.25) is 0 Å². The van der Waals surface area contributed by atoms with Crippen molar-refractivity contribution in [2.45, 2.75) is 18.5 Å². The minimum Gasteiger partial charge on any atom is -0.239 e. The average Bonchev–Trinajstić information content (AvgIpc) is 2.28. The molecule has 0 unspecified atom stereocenters. The number of piperidine rings is 1. The first-order chi connectivity index (χ1) is 8.31. The van der Waals surface area contributed by atoms with E-state index in [1.807, 2.05) is 0 Å². The first-order valence-corrected chi connectivity index (χ1v) is 7.04. The van der Waals surface area contributed by atoms with Gasteiger partial charge in [0.1, 0.15) is 11.5 Å². The summed E-state index contributed by atoms with van der Waals surface area (Å²) in [6.45, 7) is 0.0116. The smallest absolute Gasteiger partial charge is 0.239 e. The lowest BCUT2D eigenvalue weighted by molar-refractivity contribution is 0.0867. The second-order valence-electron chi connectivity index (χ2n) is 4.42. The fraction of sp³-hybridized carbons (Fsp3) is 0.455. The summed E-state index contributed by atoms with van der Waals surface area (Å²) in [6.07, 6.45) is -0.0419. The zero-order chi connectivity index (χ0) is 13.4. The molecule has 0 amide bonds. The van der Waals surface area contributed by atoms with Gasteiger partial charge in [0.25, 0.3) is 10.2 Å². The van der Waals surface area contributed by atoms with Crippen molar-refractivity contribution < 1.29 is 17.2 Å². The van der Waals surface area contributed by atoms with E-state index in [1.54, 1.807) is 0 Å². The molecule has 1 aliphatic rings. The first kappa shape index (κ1) is 13.4. The third-order valence-corrected chi connectivity index (χ3v) is 4.30. The van der Waals surface area contributed by atoms with Gasteiger partial charge in [-0.05, 0) is 30.5 Å². The molecule has 0 saturated carbocycles. The van der Waals surface area contributed by atoms with Gasteiger partial charge in [0, 0.05) is 13.1 Å². The van der Waals surface area contributed by atoms with Gasteiger partial charge in [0.15, 0.2) is 0 Å². The Kier molecular flexibility index (Phi) is 3.39. The third-order valence-electron chi connectivity index (χ3n) is 3.22. The van der Waals surface area contributed by atoms with Crippen molar-refractivity contribution in [1.29, 1.82) is 0 Å². The SMILES string of the molecule is NS(=O)(=O)N1CCC(F)(c2cccc(F)c2)CC1. The molecule has 1 saturated heterocycles. The number of hydrogen-bond donors (Lipinski definition) is 1. The molecular formula is C11H14F2N2O2S. The standard InChI is InChI=1S/C11H14F2N2O2S/c12-10-3-1-2-9(8-10)11(13)4-6-15(7-5-11)18(14,16)17/h1-3,8H,4-7H2,(H2,14,16,17). The van der Waals surface area contributed by atoms with E-state index in [1.165, 1.54) is 18.2 Å². The maximum atomic E-state index is 14.6. The van der Waals surface area contributed by atoms with Gasteiger partial charge in [-0.1, -0.05) is 12.1 Å². The fourth-order valence-electron chi connectivity index (χ4n) is 2.15. The van der Waals surface area contributed by atoms with Gasteiger partial charge in [-0.25, -0.2) is 13.9 Å². The molecule has 18 heavy (non-hydrogen) atoms. The number of hydrogen-bond acceptors (Lipinski definition) is 2. The molecule has 7 heteroatoms. The number of benzene rings is 1. The molecule has 1 fully saturated rings. The number of nitrogens with two attached hydrogens (primary N) is 1. The number of nitrogens with zero attached hydrogens (tertiary/aromatic N) is 1. The van der Waals surface area contributed by atoms with E-state index in [9.17, 15) is 17.2 Å². The molecule has 0 bridgehead atoms. The Bertz CT molecular complexity index is 540. The zero-order valence-electron chi connectivity index (χ0n) is 9.64.